The number of hydrogen-bond acceptors (Lipinski definition) is 2. The largest absolute Gasteiger partial charge is 0.350 e. The van der Waals surface area contributed by atoms with Crippen molar-refractivity contribution in [2.75, 3.05) is 0 Å². The van der Waals surface area contributed by atoms with Gasteiger partial charge < -0.3 is 10.6 Å². The van der Waals surface area contributed by atoms with Crippen LogP contribution in [-0.4, -0.2) is 17.9 Å². The molecule has 1 aromatic carbocycles. The lowest BCUT2D eigenvalue weighted by molar-refractivity contribution is -0.127. The minimum atomic E-state index is -0.580. The van der Waals surface area contributed by atoms with Gasteiger partial charge in [0.25, 0.3) is 0 Å². The third-order valence-corrected chi connectivity index (χ3v) is 2.50. The summed E-state index contributed by atoms with van der Waals surface area (Å²) in [4.78, 5) is 22.4. The number of aryl methyl sites for hydroxylation is 1. The first-order valence-corrected chi connectivity index (χ1v) is 5.70. The number of benzene rings is 1. The third-order valence-electron chi connectivity index (χ3n) is 2.50. The Hall–Kier alpha value is -1.91. The second-order valence-electron chi connectivity index (χ2n) is 4.22. The van der Waals surface area contributed by atoms with Crippen molar-refractivity contribution < 1.29 is 14.0 Å². The summed E-state index contributed by atoms with van der Waals surface area (Å²) in [5, 5.41) is 5.16. The highest BCUT2D eigenvalue weighted by atomic mass is 19.1. The summed E-state index contributed by atoms with van der Waals surface area (Å²) in [7, 11) is 0. The van der Waals surface area contributed by atoms with Gasteiger partial charge in [-0.25, -0.2) is 4.39 Å². The molecule has 0 radical (unpaired) electrons. The van der Waals surface area contributed by atoms with Crippen LogP contribution >= 0.6 is 0 Å². The van der Waals surface area contributed by atoms with Crippen molar-refractivity contribution in [1.29, 1.82) is 0 Å². The molecule has 2 amide bonds. The standard InChI is InChI=1S/C13H17FN2O2/c1-8-6-11(4-5-12(8)14)7-15-13(18)9(2)16-10(3)17/h4-6,9H,7H2,1-3H3,(H,15,18)(H,16,17)/t9-/m0/s1. The van der Waals surface area contributed by atoms with Gasteiger partial charge in [0.2, 0.25) is 11.8 Å². The van der Waals surface area contributed by atoms with Crippen LogP contribution in [0.3, 0.4) is 0 Å². The number of hydrogen-bond donors (Lipinski definition) is 2. The van der Waals surface area contributed by atoms with E-state index in [1.807, 2.05) is 0 Å². The van der Waals surface area contributed by atoms with E-state index in [1.165, 1.54) is 13.0 Å². The van der Waals surface area contributed by atoms with Crippen LogP contribution in [-0.2, 0) is 16.1 Å². The van der Waals surface area contributed by atoms with Crippen molar-refractivity contribution in [2.45, 2.75) is 33.4 Å². The van der Waals surface area contributed by atoms with E-state index in [2.05, 4.69) is 10.6 Å². The fourth-order valence-corrected chi connectivity index (χ4v) is 1.53. The van der Waals surface area contributed by atoms with Gasteiger partial charge >= 0.3 is 0 Å². The summed E-state index contributed by atoms with van der Waals surface area (Å²) in [5.41, 5.74) is 1.36. The molecule has 0 saturated carbocycles. The van der Waals surface area contributed by atoms with Gasteiger partial charge in [0.05, 0.1) is 0 Å². The lowest BCUT2D eigenvalue weighted by Gasteiger charge is -2.13. The van der Waals surface area contributed by atoms with Crippen molar-refractivity contribution in [2.24, 2.45) is 0 Å². The number of carbonyl (C=O) groups excluding carboxylic acids is 2. The van der Waals surface area contributed by atoms with Crippen molar-refractivity contribution in [3.63, 3.8) is 0 Å². The van der Waals surface area contributed by atoms with Crippen LogP contribution in [0, 0.1) is 12.7 Å². The van der Waals surface area contributed by atoms with Crippen LogP contribution in [0.25, 0.3) is 0 Å². The normalized spacial score (nSPS) is 11.8. The van der Waals surface area contributed by atoms with Crippen LogP contribution in [0.1, 0.15) is 25.0 Å². The maximum Gasteiger partial charge on any atom is 0.242 e. The molecule has 0 unspecified atom stereocenters. The van der Waals surface area contributed by atoms with Gasteiger partial charge in [0.1, 0.15) is 11.9 Å². The van der Waals surface area contributed by atoms with Crippen LogP contribution in [0.5, 0.6) is 0 Å². The van der Waals surface area contributed by atoms with Crippen molar-refractivity contribution in [1.82, 2.24) is 10.6 Å². The number of nitrogens with one attached hydrogen (secondary N) is 2. The van der Waals surface area contributed by atoms with Gasteiger partial charge in [-0.15, -0.1) is 0 Å². The Kier molecular flexibility index (Phi) is 4.83. The van der Waals surface area contributed by atoms with Gasteiger partial charge in [-0.05, 0) is 31.0 Å². The molecule has 0 aromatic heterocycles. The van der Waals surface area contributed by atoms with E-state index in [1.54, 1.807) is 26.0 Å². The summed E-state index contributed by atoms with van der Waals surface area (Å²) in [6.45, 7) is 4.93. The lowest BCUT2D eigenvalue weighted by Crippen LogP contribution is -2.43. The molecule has 0 aliphatic rings. The molecule has 0 aliphatic carbocycles. The van der Waals surface area contributed by atoms with Crippen molar-refractivity contribution >= 4 is 11.8 Å². The molecule has 0 fully saturated rings. The summed E-state index contributed by atoms with van der Waals surface area (Å²) in [6, 6.07) is 4.09. The Morgan fingerprint density at radius 3 is 2.61 bits per heavy atom. The zero-order valence-electron chi connectivity index (χ0n) is 10.7. The van der Waals surface area contributed by atoms with E-state index in [0.29, 0.717) is 12.1 Å². The first kappa shape index (κ1) is 14.2. The highest BCUT2D eigenvalue weighted by Gasteiger charge is 2.12. The average Bonchev–Trinajstić information content (AvgIpc) is 2.29. The molecule has 5 heteroatoms. The smallest absolute Gasteiger partial charge is 0.242 e. The second-order valence-corrected chi connectivity index (χ2v) is 4.22. The van der Waals surface area contributed by atoms with E-state index in [-0.39, 0.29) is 17.6 Å². The molecule has 2 N–H and O–H groups in total. The molecular weight excluding hydrogens is 235 g/mol. The predicted molar refractivity (Wildman–Crippen MR) is 66.3 cm³/mol. The molecular formula is C13H17FN2O2. The van der Waals surface area contributed by atoms with Crippen LogP contribution in [0.15, 0.2) is 18.2 Å². The highest BCUT2D eigenvalue weighted by Crippen LogP contribution is 2.08. The number of rotatable bonds is 4. The molecule has 4 nitrogen and oxygen atoms in total. The molecule has 1 aromatic rings. The highest BCUT2D eigenvalue weighted by molar-refractivity contribution is 5.86. The third kappa shape index (κ3) is 4.16. The SMILES string of the molecule is CC(=O)N[C@@H](C)C(=O)NCc1ccc(F)c(C)c1. The van der Waals surface area contributed by atoms with E-state index in [4.69, 9.17) is 0 Å². The Balaban J connectivity index is 2.52. The second kappa shape index (κ2) is 6.14. The van der Waals surface area contributed by atoms with Crippen molar-refractivity contribution in [3.05, 3.63) is 35.1 Å². The molecule has 0 saturated heterocycles. The van der Waals surface area contributed by atoms with Gasteiger partial charge in [0.15, 0.2) is 0 Å². The van der Waals surface area contributed by atoms with Crippen LogP contribution in [0.2, 0.25) is 0 Å². The first-order chi connectivity index (χ1) is 8.40. The number of halogens is 1. The number of amides is 2. The molecule has 98 valence electrons. The summed E-state index contributed by atoms with van der Waals surface area (Å²) in [5.74, 6) is -0.792. The molecule has 1 rings (SSSR count). The number of carbonyl (C=O) groups is 2. The van der Waals surface area contributed by atoms with Gasteiger partial charge in [-0.2, -0.15) is 0 Å². The monoisotopic (exact) mass is 252 g/mol. The molecule has 0 spiro atoms. The quantitative estimate of drug-likeness (QED) is 0.848. The van der Waals surface area contributed by atoms with Gasteiger partial charge in [0, 0.05) is 13.5 Å². The minimum Gasteiger partial charge on any atom is -0.350 e. The summed E-state index contributed by atoms with van der Waals surface area (Å²) in [6.07, 6.45) is 0. The van der Waals surface area contributed by atoms with Gasteiger partial charge in [-0.1, -0.05) is 12.1 Å². The predicted octanol–water partition coefficient (Wildman–Crippen LogP) is 1.27. The van der Waals surface area contributed by atoms with Crippen LogP contribution in [0.4, 0.5) is 4.39 Å². The Morgan fingerprint density at radius 1 is 1.39 bits per heavy atom. The Morgan fingerprint density at radius 2 is 2.06 bits per heavy atom. The fraction of sp³-hybridized carbons (Fsp3) is 0.385. The minimum absolute atomic E-state index is 0.254. The Labute approximate surface area is 106 Å². The molecule has 0 aliphatic heterocycles. The lowest BCUT2D eigenvalue weighted by atomic mass is 10.1. The molecule has 18 heavy (non-hydrogen) atoms. The van der Waals surface area contributed by atoms with E-state index >= 15 is 0 Å². The zero-order chi connectivity index (χ0) is 13.7. The van der Waals surface area contributed by atoms with E-state index in [9.17, 15) is 14.0 Å². The summed E-state index contributed by atoms with van der Waals surface area (Å²) < 4.78 is 13.0. The molecule has 1 atom stereocenters. The van der Waals surface area contributed by atoms with Crippen molar-refractivity contribution in [3.8, 4) is 0 Å². The maximum absolute atomic E-state index is 13.0. The fourth-order valence-electron chi connectivity index (χ4n) is 1.53. The molecule has 0 heterocycles. The van der Waals surface area contributed by atoms with Gasteiger partial charge in [-0.3, -0.25) is 9.59 Å². The average molecular weight is 252 g/mol. The topological polar surface area (TPSA) is 58.2 Å². The van der Waals surface area contributed by atoms with E-state index in [0.717, 1.165) is 5.56 Å². The molecule has 0 bridgehead atoms. The zero-order valence-corrected chi connectivity index (χ0v) is 10.7. The first-order valence-electron chi connectivity index (χ1n) is 5.70. The van der Waals surface area contributed by atoms with E-state index < -0.39 is 6.04 Å². The summed E-state index contributed by atoms with van der Waals surface area (Å²) >= 11 is 0. The van der Waals surface area contributed by atoms with Crippen LogP contribution < -0.4 is 10.6 Å². The maximum atomic E-state index is 13.0. The Bertz CT molecular complexity index is 460.